The first-order valence-corrected chi connectivity index (χ1v) is 7.34. The van der Waals surface area contributed by atoms with E-state index in [1.807, 2.05) is 49.4 Å². The highest BCUT2D eigenvalue weighted by Gasteiger charge is 2.05. The summed E-state index contributed by atoms with van der Waals surface area (Å²) >= 11 is 0. The number of amides is 1. The second-order valence-corrected chi connectivity index (χ2v) is 5.21. The van der Waals surface area contributed by atoms with Gasteiger partial charge in [-0.25, -0.2) is 0 Å². The highest BCUT2D eigenvalue weighted by molar-refractivity contribution is 5.91. The van der Waals surface area contributed by atoms with Crippen LogP contribution in [0.3, 0.4) is 0 Å². The molecule has 1 atom stereocenters. The molecule has 114 valence electrons. The van der Waals surface area contributed by atoms with Gasteiger partial charge in [0.1, 0.15) is 5.75 Å². The number of rotatable bonds is 6. The van der Waals surface area contributed by atoms with Crippen molar-refractivity contribution in [3.05, 3.63) is 71.8 Å². The van der Waals surface area contributed by atoms with Gasteiger partial charge in [-0.05, 0) is 42.7 Å². The van der Waals surface area contributed by atoms with E-state index in [9.17, 15) is 4.79 Å². The van der Waals surface area contributed by atoms with E-state index in [4.69, 9.17) is 4.74 Å². The number of hydrogen-bond donors (Lipinski definition) is 1. The minimum atomic E-state index is -0.0840. The Bertz CT molecular complexity index is 618. The predicted molar refractivity (Wildman–Crippen MR) is 89.8 cm³/mol. The zero-order chi connectivity index (χ0) is 15.8. The van der Waals surface area contributed by atoms with Crippen LogP contribution in [0.25, 0.3) is 6.08 Å². The molecule has 0 heterocycles. The number of methoxy groups -OCH3 is 1. The van der Waals surface area contributed by atoms with Crippen LogP contribution in [0.2, 0.25) is 0 Å². The van der Waals surface area contributed by atoms with Crippen molar-refractivity contribution in [1.82, 2.24) is 5.32 Å². The molecule has 2 rings (SSSR count). The second kappa shape index (κ2) is 8.03. The lowest BCUT2D eigenvalue weighted by Crippen LogP contribution is -2.32. The van der Waals surface area contributed by atoms with Gasteiger partial charge in [0.05, 0.1) is 7.11 Å². The van der Waals surface area contributed by atoms with Gasteiger partial charge in [-0.3, -0.25) is 4.79 Å². The van der Waals surface area contributed by atoms with E-state index in [1.54, 1.807) is 19.3 Å². The summed E-state index contributed by atoms with van der Waals surface area (Å²) in [6.07, 6.45) is 4.18. The minimum absolute atomic E-state index is 0.0840. The molecule has 0 saturated carbocycles. The fraction of sp³-hybridized carbons (Fsp3) is 0.211. The average Bonchev–Trinajstić information content (AvgIpc) is 2.54. The molecule has 0 unspecified atom stereocenters. The third kappa shape index (κ3) is 5.09. The maximum absolute atomic E-state index is 11.9. The lowest BCUT2D eigenvalue weighted by atomic mass is 10.1. The Morgan fingerprint density at radius 2 is 1.82 bits per heavy atom. The summed E-state index contributed by atoms with van der Waals surface area (Å²) in [7, 11) is 1.63. The van der Waals surface area contributed by atoms with E-state index in [2.05, 4.69) is 17.4 Å². The summed E-state index contributed by atoms with van der Waals surface area (Å²) in [5.74, 6) is 0.720. The Labute approximate surface area is 131 Å². The molecule has 3 heteroatoms. The summed E-state index contributed by atoms with van der Waals surface area (Å²) in [6.45, 7) is 2.01. The summed E-state index contributed by atoms with van der Waals surface area (Å²) in [4.78, 5) is 11.9. The standard InChI is InChI=1S/C19H21NO2/c1-15(14-17-6-4-3-5-7-17)20-19(21)13-10-16-8-11-18(22-2)12-9-16/h3-13,15H,14H2,1-2H3,(H,20,21)/t15-/m1/s1. The maximum Gasteiger partial charge on any atom is 0.244 e. The van der Waals surface area contributed by atoms with Crippen LogP contribution >= 0.6 is 0 Å². The van der Waals surface area contributed by atoms with E-state index < -0.39 is 0 Å². The molecule has 0 radical (unpaired) electrons. The molecular weight excluding hydrogens is 274 g/mol. The van der Waals surface area contributed by atoms with Crippen LogP contribution < -0.4 is 10.1 Å². The molecule has 1 amide bonds. The molecular formula is C19H21NO2. The Morgan fingerprint density at radius 1 is 1.14 bits per heavy atom. The number of ether oxygens (including phenoxy) is 1. The number of hydrogen-bond acceptors (Lipinski definition) is 2. The van der Waals surface area contributed by atoms with E-state index in [0.29, 0.717) is 0 Å². The molecule has 3 nitrogen and oxygen atoms in total. The van der Waals surface area contributed by atoms with E-state index in [-0.39, 0.29) is 11.9 Å². The van der Waals surface area contributed by atoms with Crippen molar-refractivity contribution < 1.29 is 9.53 Å². The highest BCUT2D eigenvalue weighted by Crippen LogP contribution is 2.12. The molecule has 0 bridgehead atoms. The molecule has 2 aromatic rings. The molecule has 1 N–H and O–H groups in total. The van der Waals surface area contributed by atoms with Crippen LogP contribution in [-0.2, 0) is 11.2 Å². The van der Waals surface area contributed by atoms with Gasteiger partial charge in [0, 0.05) is 12.1 Å². The van der Waals surface area contributed by atoms with Gasteiger partial charge < -0.3 is 10.1 Å². The summed E-state index contributed by atoms with van der Waals surface area (Å²) < 4.78 is 5.10. The summed E-state index contributed by atoms with van der Waals surface area (Å²) in [6, 6.07) is 17.8. The van der Waals surface area contributed by atoms with Gasteiger partial charge in [-0.1, -0.05) is 42.5 Å². The van der Waals surface area contributed by atoms with Crippen LogP contribution in [0.4, 0.5) is 0 Å². The van der Waals surface area contributed by atoms with Gasteiger partial charge in [0.15, 0.2) is 0 Å². The Hall–Kier alpha value is -2.55. The topological polar surface area (TPSA) is 38.3 Å². The largest absolute Gasteiger partial charge is 0.497 e. The predicted octanol–water partition coefficient (Wildman–Crippen LogP) is 3.46. The Balaban J connectivity index is 1.84. The number of benzene rings is 2. The van der Waals surface area contributed by atoms with Crippen LogP contribution in [0.5, 0.6) is 5.75 Å². The molecule has 0 aliphatic rings. The monoisotopic (exact) mass is 295 g/mol. The first-order valence-electron chi connectivity index (χ1n) is 7.34. The maximum atomic E-state index is 11.9. The summed E-state index contributed by atoms with van der Waals surface area (Å²) in [5.41, 5.74) is 2.18. The van der Waals surface area contributed by atoms with Gasteiger partial charge in [-0.2, -0.15) is 0 Å². The molecule has 0 aromatic heterocycles. The summed E-state index contributed by atoms with van der Waals surface area (Å²) in [5, 5.41) is 2.97. The smallest absolute Gasteiger partial charge is 0.244 e. The molecule has 0 spiro atoms. The van der Waals surface area contributed by atoms with Crippen LogP contribution in [0, 0.1) is 0 Å². The van der Waals surface area contributed by atoms with Crippen molar-refractivity contribution in [1.29, 1.82) is 0 Å². The van der Waals surface area contributed by atoms with Crippen LogP contribution in [0.1, 0.15) is 18.1 Å². The third-order valence-corrected chi connectivity index (χ3v) is 3.32. The van der Waals surface area contributed by atoms with Gasteiger partial charge in [0.2, 0.25) is 5.91 Å². The second-order valence-electron chi connectivity index (χ2n) is 5.21. The fourth-order valence-corrected chi connectivity index (χ4v) is 2.20. The number of carbonyl (C=O) groups excluding carboxylic acids is 1. The van der Waals surface area contributed by atoms with Gasteiger partial charge in [-0.15, -0.1) is 0 Å². The Morgan fingerprint density at radius 3 is 2.45 bits per heavy atom. The lowest BCUT2D eigenvalue weighted by molar-refractivity contribution is -0.117. The number of nitrogens with one attached hydrogen (secondary N) is 1. The van der Waals surface area contributed by atoms with Crippen molar-refractivity contribution in [3.8, 4) is 5.75 Å². The van der Waals surface area contributed by atoms with Crippen molar-refractivity contribution in [3.63, 3.8) is 0 Å². The quantitative estimate of drug-likeness (QED) is 0.829. The molecule has 0 saturated heterocycles. The molecule has 0 aliphatic carbocycles. The van der Waals surface area contributed by atoms with Gasteiger partial charge in [0.25, 0.3) is 0 Å². The first-order chi connectivity index (χ1) is 10.7. The minimum Gasteiger partial charge on any atom is -0.497 e. The fourth-order valence-electron chi connectivity index (χ4n) is 2.20. The first kappa shape index (κ1) is 15.8. The van der Waals surface area contributed by atoms with Crippen LogP contribution in [0.15, 0.2) is 60.7 Å². The third-order valence-electron chi connectivity index (χ3n) is 3.32. The lowest BCUT2D eigenvalue weighted by Gasteiger charge is -2.12. The normalized spacial score (nSPS) is 12.1. The van der Waals surface area contributed by atoms with Crippen molar-refractivity contribution in [2.75, 3.05) is 7.11 Å². The molecule has 0 aliphatic heterocycles. The van der Waals surface area contributed by atoms with E-state index in [1.165, 1.54) is 5.56 Å². The van der Waals surface area contributed by atoms with Crippen molar-refractivity contribution in [2.45, 2.75) is 19.4 Å². The molecule has 0 fully saturated rings. The van der Waals surface area contributed by atoms with Crippen molar-refractivity contribution >= 4 is 12.0 Å². The Kier molecular flexibility index (Phi) is 5.78. The SMILES string of the molecule is COc1ccc(C=CC(=O)N[C@H](C)Cc2ccccc2)cc1. The van der Waals surface area contributed by atoms with Crippen molar-refractivity contribution in [2.24, 2.45) is 0 Å². The molecule has 22 heavy (non-hydrogen) atoms. The zero-order valence-corrected chi connectivity index (χ0v) is 13.0. The average molecular weight is 295 g/mol. The van der Waals surface area contributed by atoms with E-state index in [0.717, 1.165) is 17.7 Å². The number of carbonyl (C=O) groups is 1. The van der Waals surface area contributed by atoms with Crippen LogP contribution in [-0.4, -0.2) is 19.1 Å². The molecule has 2 aromatic carbocycles. The highest BCUT2D eigenvalue weighted by atomic mass is 16.5. The van der Waals surface area contributed by atoms with E-state index >= 15 is 0 Å². The van der Waals surface area contributed by atoms with Gasteiger partial charge >= 0.3 is 0 Å². The zero-order valence-electron chi connectivity index (χ0n) is 13.0.